The molecule has 15 heavy (non-hydrogen) atoms. The molecule has 0 saturated carbocycles. The number of hydrogen-bond acceptors (Lipinski definition) is 0. The monoisotopic (exact) mass is 239 g/mol. The molecule has 78 valence electrons. The van der Waals surface area contributed by atoms with Crippen LogP contribution in [0.3, 0.4) is 0 Å². The van der Waals surface area contributed by atoms with E-state index in [0.717, 1.165) is 30.5 Å². The highest BCUT2D eigenvalue weighted by atomic mass is 35.5. The molecule has 0 aliphatic heterocycles. The van der Waals surface area contributed by atoms with Gasteiger partial charge in [0.1, 0.15) is 0 Å². The third-order valence-electron chi connectivity index (χ3n) is 3.14. The first-order chi connectivity index (χ1) is 7.29. The van der Waals surface area contributed by atoms with E-state index in [1.807, 2.05) is 12.1 Å². The van der Waals surface area contributed by atoms with E-state index in [0.29, 0.717) is 0 Å². The van der Waals surface area contributed by atoms with Crippen molar-refractivity contribution in [1.29, 1.82) is 0 Å². The van der Waals surface area contributed by atoms with E-state index in [4.69, 9.17) is 23.4 Å². The fourth-order valence-corrected chi connectivity index (χ4v) is 3.26. The largest absolute Gasteiger partial charge is 0.255 e. The van der Waals surface area contributed by atoms with Crippen molar-refractivity contribution in [3.05, 3.63) is 35.5 Å². The van der Waals surface area contributed by atoms with Crippen molar-refractivity contribution in [1.82, 2.24) is 4.09 Å². The minimum atomic E-state index is 0.0682. The fourth-order valence-electron chi connectivity index (χ4n) is 2.46. The summed E-state index contributed by atoms with van der Waals surface area (Å²) in [4.78, 5) is 0. The van der Waals surface area contributed by atoms with Gasteiger partial charge in [-0.25, -0.2) is 0 Å². The summed E-state index contributed by atoms with van der Waals surface area (Å²) in [5.74, 6) is 0. The van der Waals surface area contributed by atoms with E-state index >= 15 is 0 Å². The summed E-state index contributed by atoms with van der Waals surface area (Å²) in [5.41, 5.74) is 3.52. The maximum atomic E-state index is 6.32. The van der Waals surface area contributed by atoms with Gasteiger partial charge in [0.15, 0.2) is 0 Å². The first kappa shape index (κ1) is 9.56. The molecular weight excluding hydrogens is 229 g/mol. The van der Waals surface area contributed by atoms with Crippen LogP contribution in [0, 0.1) is 0 Å². The molecule has 0 bridgehead atoms. The number of hydrogen-bond donors (Lipinski definition) is 0. The minimum Gasteiger partial charge on any atom is -0.255 e. The Balaban J connectivity index is 2.40. The van der Waals surface area contributed by atoms with Crippen molar-refractivity contribution < 1.29 is 0 Å². The number of aromatic nitrogens is 1. The van der Waals surface area contributed by atoms with Crippen molar-refractivity contribution >= 4 is 34.3 Å². The molecule has 0 saturated heterocycles. The molecule has 0 N–H and O–H groups in total. The molecule has 2 aromatic rings. The van der Waals surface area contributed by atoms with Gasteiger partial charge in [-0.1, -0.05) is 18.2 Å². The van der Waals surface area contributed by atoms with Crippen LogP contribution in [0.1, 0.15) is 29.5 Å². The molecule has 1 nitrogen and oxygen atoms in total. The number of benzene rings is 1. The van der Waals surface area contributed by atoms with Gasteiger partial charge in [-0.05, 0) is 30.9 Å². The molecule has 1 aliphatic carbocycles. The number of rotatable bonds is 0. The lowest BCUT2D eigenvalue weighted by atomic mass is 9.95. The lowest BCUT2D eigenvalue weighted by Crippen LogP contribution is -2.05. The van der Waals surface area contributed by atoms with Crippen LogP contribution >= 0.6 is 23.4 Å². The third-order valence-corrected chi connectivity index (χ3v) is 3.93. The predicted molar refractivity (Wildman–Crippen MR) is 64.7 cm³/mol. The Hall–Kier alpha value is -0.660. The number of fused-ring (bicyclic) bond motifs is 3. The second kappa shape index (κ2) is 3.43. The van der Waals surface area contributed by atoms with Crippen LogP contribution in [0.4, 0.5) is 0 Å². The van der Waals surface area contributed by atoms with Crippen LogP contribution in [0.15, 0.2) is 24.3 Å². The van der Waals surface area contributed by atoms with Crippen LogP contribution in [-0.4, -0.2) is 4.09 Å². The quantitative estimate of drug-likeness (QED) is 0.606. The number of aryl methyl sites for hydroxylation is 1. The van der Waals surface area contributed by atoms with Crippen molar-refractivity contribution in [2.45, 2.75) is 24.6 Å². The molecule has 0 fully saturated rings. The van der Waals surface area contributed by atoms with Gasteiger partial charge in [-0.15, -0.1) is 11.6 Å². The highest BCUT2D eigenvalue weighted by Gasteiger charge is 2.25. The standard InChI is InChI=1S/C12H11Cl2N/c13-10-6-3-5-9-8-4-1-2-7-11(8)15(14)12(9)10/h1-2,4,7,10H,3,5-6H2. The zero-order valence-electron chi connectivity index (χ0n) is 8.21. The molecule has 0 spiro atoms. The van der Waals surface area contributed by atoms with Gasteiger partial charge in [0.25, 0.3) is 0 Å². The van der Waals surface area contributed by atoms with E-state index < -0.39 is 0 Å². The molecule has 1 aromatic carbocycles. The predicted octanol–water partition coefficient (Wildman–Crippen LogP) is 4.26. The molecule has 0 amide bonds. The molecule has 3 heteroatoms. The van der Waals surface area contributed by atoms with Gasteiger partial charge in [0.2, 0.25) is 0 Å². The van der Waals surface area contributed by atoms with Crippen molar-refractivity contribution in [3.63, 3.8) is 0 Å². The van der Waals surface area contributed by atoms with Crippen molar-refractivity contribution in [2.75, 3.05) is 0 Å². The Labute approximate surface area is 98.7 Å². The lowest BCUT2D eigenvalue weighted by molar-refractivity contribution is 0.656. The second-order valence-corrected chi connectivity index (χ2v) is 4.89. The Morgan fingerprint density at radius 2 is 2.07 bits per heavy atom. The van der Waals surface area contributed by atoms with Crippen LogP contribution in [0.2, 0.25) is 0 Å². The fraction of sp³-hybridized carbons (Fsp3) is 0.333. The zero-order chi connectivity index (χ0) is 10.4. The van der Waals surface area contributed by atoms with Crippen LogP contribution in [-0.2, 0) is 6.42 Å². The SMILES string of the molecule is ClC1CCCc2c1n(Cl)c1ccccc21. The molecule has 1 heterocycles. The molecule has 1 aliphatic rings. The Morgan fingerprint density at radius 3 is 2.93 bits per heavy atom. The van der Waals surface area contributed by atoms with Gasteiger partial charge < -0.3 is 0 Å². The number of nitrogens with zero attached hydrogens (tertiary/aromatic N) is 1. The average Bonchev–Trinajstić information content (AvgIpc) is 2.55. The molecule has 0 radical (unpaired) electrons. The van der Waals surface area contributed by atoms with E-state index in [1.165, 1.54) is 10.9 Å². The van der Waals surface area contributed by atoms with Crippen LogP contribution < -0.4 is 0 Å². The van der Waals surface area contributed by atoms with Gasteiger partial charge >= 0.3 is 0 Å². The normalized spacial score (nSPS) is 20.5. The smallest absolute Gasteiger partial charge is 0.0754 e. The minimum absolute atomic E-state index is 0.0682. The molecule has 1 aromatic heterocycles. The number of halogens is 2. The van der Waals surface area contributed by atoms with Gasteiger partial charge in [-0.3, -0.25) is 4.09 Å². The Bertz CT molecular complexity index is 516. The summed E-state index contributed by atoms with van der Waals surface area (Å²) in [7, 11) is 0. The van der Waals surface area contributed by atoms with Crippen LogP contribution in [0.25, 0.3) is 10.9 Å². The van der Waals surface area contributed by atoms with Gasteiger partial charge in [-0.2, -0.15) is 0 Å². The van der Waals surface area contributed by atoms with Gasteiger partial charge in [0.05, 0.1) is 16.6 Å². The van der Waals surface area contributed by atoms with E-state index in [1.54, 1.807) is 4.09 Å². The third kappa shape index (κ3) is 1.30. The molecule has 3 rings (SSSR count). The summed E-state index contributed by atoms with van der Waals surface area (Å²) in [6.07, 6.45) is 3.28. The summed E-state index contributed by atoms with van der Waals surface area (Å²) >= 11 is 12.6. The second-order valence-electron chi connectivity index (χ2n) is 4.02. The average molecular weight is 240 g/mol. The maximum absolute atomic E-state index is 6.32. The van der Waals surface area contributed by atoms with E-state index in [2.05, 4.69) is 12.1 Å². The number of alkyl halides is 1. The first-order valence-electron chi connectivity index (χ1n) is 5.21. The first-order valence-corrected chi connectivity index (χ1v) is 5.99. The molecule has 1 atom stereocenters. The van der Waals surface area contributed by atoms with E-state index in [9.17, 15) is 0 Å². The topological polar surface area (TPSA) is 4.93 Å². The zero-order valence-corrected chi connectivity index (χ0v) is 9.72. The van der Waals surface area contributed by atoms with Crippen LogP contribution in [0.5, 0.6) is 0 Å². The lowest BCUT2D eigenvalue weighted by Gasteiger charge is -2.17. The van der Waals surface area contributed by atoms with Gasteiger partial charge in [0, 0.05) is 17.2 Å². The summed E-state index contributed by atoms with van der Waals surface area (Å²) in [6.45, 7) is 0. The molecule has 1 unspecified atom stereocenters. The van der Waals surface area contributed by atoms with Crippen molar-refractivity contribution in [3.8, 4) is 0 Å². The summed E-state index contributed by atoms with van der Waals surface area (Å²) in [6, 6.07) is 8.24. The Kier molecular flexibility index (Phi) is 2.18. The Morgan fingerprint density at radius 1 is 1.27 bits per heavy atom. The molecular formula is C12H11Cl2N. The van der Waals surface area contributed by atoms with Crippen molar-refractivity contribution in [2.24, 2.45) is 0 Å². The highest BCUT2D eigenvalue weighted by Crippen LogP contribution is 2.40. The van der Waals surface area contributed by atoms with E-state index in [-0.39, 0.29) is 5.38 Å². The highest BCUT2D eigenvalue weighted by molar-refractivity contribution is 6.24. The number of para-hydroxylation sites is 1. The maximum Gasteiger partial charge on any atom is 0.0754 e. The summed E-state index contributed by atoms with van der Waals surface area (Å²) in [5, 5.41) is 1.33. The summed E-state index contributed by atoms with van der Waals surface area (Å²) < 4.78 is 1.74.